The molecule has 0 aromatic heterocycles. The largest absolute Gasteiger partial charge is 0.494 e. The molecule has 2 aliphatic rings. The minimum absolute atomic E-state index is 0.108. The fraction of sp³-hybridized carbons (Fsp3) is 0.375. The molecule has 0 atom stereocenters. The van der Waals surface area contributed by atoms with E-state index in [1.165, 1.54) is 18.4 Å². The van der Waals surface area contributed by atoms with Crippen LogP contribution in [0.4, 0.5) is 0 Å². The van der Waals surface area contributed by atoms with Crippen molar-refractivity contribution in [3.63, 3.8) is 0 Å². The van der Waals surface area contributed by atoms with E-state index in [1.807, 2.05) is 47.4 Å². The predicted molar refractivity (Wildman–Crippen MR) is 145 cm³/mol. The van der Waals surface area contributed by atoms with Crippen LogP contribution in [-0.2, 0) is 19.5 Å². The van der Waals surface area contributed by atoms with E-state index < -0.39 is 0 Å². The first-order chi connectivity index (χ1) is 18.2. The van der Waals surface area contributed by atoms with E-state index in [4.69, 9.17) is 10.00 Å². The minimum atomic E-state index is 0.108. The number of rotatable bonds is 8. The molecule has 1 amide bonds. The molecule has 2 heterocycles. The molecular weight excluding hydrogens is 458 g/mol. The number of amides is 1. The molecule has 0 saturated carbocycles. The molecular formula is C32H35N3O2. The van der Waals surface area contributed by atoms with Gasteiger partial charge in [-0.15, -0.1) is 0 Å². The smallest absolute Gasteiger partial charge is 0.254 e. The van der Waals surface area contributed by atoms with Crippen molar-refractivity contribution in [2.75, 3.05) is 26.2 Å². The van der Waals surface area contributed by atoms with Gasteiger partial charge < -0.3 is 9.64 Å². The monoisotopic (exact) mass is 493 g/mol. The Kier molecular flexibility index (Phi) is 8.18. The zero-order valence-electron chi connectivity index (χ0n) is 21.4. The number of benzene rings is 3. The summed E-state index contributed by atoms with van der Waals surface area (Å²) in [6.07, 6.45) is 5.30. The topological polar surface area (TPSA) is 56.6 Å². The summed E-state index contributed by atoms with van der Waals surface area (Å²) in [7, 11) is 0. The Morgan fingerprint density at radius 1 is 0.892 bits per heavy atom. The van der Waals surface area contributed by atoms with Gasteiger partial charge in [0, 0.05) is 25.2 Å². The van der Waals surface area contributed by atoms with Crippen LogP contribution in [0.3, 0.4) is 0 Å². The highest BCUT2D eigenvalue weighted by molar-refractivity contribution is 5.96. The number of hydrogen-bond acceptors (Lipinski definition) is 4. The second-order valence-electron chi connectivity index (χ2n) is 10.3. The molecule has 0 aliphatic carbocycles. The van der Waals surface area contributed by atoms with Crippen molar-refractivity contribution >= 4 is 5.91 Å². The zero-order chi connectivity index (χ0) is 25.5. The normalized spacial score (nSPS) is 16.6. The van der Waals surface area contributed by atoms with E-state index >= 15 is 0 Å². The number of carbonyl (C=O) groups excluding carboxylic acids is 1. The molecule has 0 bridgehead atoms. The van der Waals surface area contributed by atoms with E-state index in [1.54, 1.807) is 0 Å². The molecule has 5 nitrogen and oxygen atoms in total. The number of fused-ring (bicyclic) bond motifs is 1. The second kappa shape index (κ2) is 12.1. The van der Waals surface area contributed by atoms with Crippen LogP contribution in [0.1, 0.15) is 58.3 Å². The lowest BCUT2D eigenvalue weighted by Gasteiger charge is -2.32. The van der Waals surface area contributed by atoms with Crippen molar-refractivity contribution in [2.24, 2.45) is 5.92 Å². The summed E-state index contributed by atoms with van der Waals surface area (Å²) in [6, 6.07) is 26.4. The zero-order valence-corrected chi connectivity index (χ0v) is 21.4. The quantitative estimate of drug-likeness (QED) is 0.396. The van der Waals surface area contributed by atoms with Crippen LogP contribution in [0.2, 0.25) is 0 Å². The Hall–Kier alpha value is -3.62. The molecule has 0 N–H and O–H groups in total. The molecule has 5 rings (SSSR count). The fourth-order valence-corrected chi connectivity index (χ4v) is 5.47. The minimum Gasteiger partial charge on any atom is -0.494 e. The maximum atomic E-state index is 13.4. The third-order valence-corrected chi connectivity index (χ3v) is 7.68. The number of ether oxygens (including phenoxy) is 1. The van der Waals surface area contributed by atoms with Gasteiger partial charge in [-0.1, -0.05) is 48.5 Å². The predicted octanol–water partition coefficient (Wildman–Crippen LogP) is 5.83. The number of likely N-dealkylation sites (tertiary alicyclic amines) is 1. The Morgan fingerprint density at radius 2 is 1.65 bits per heavy atom. The molecule has 37 heavy (non-hydrogen) atoms. The van der Waals surface area contributed by atoms with Crippen molar-refractivity contribution < 1.29 is 9.53 Å². The highest BCUT2D eigenvalue weighted by Gasteiger charge is 2.24. The summed E-state index contributed by atoms with van der Waals surface area (Å²) in [5.41, 5.74) is 5.06. The summed E-state index contributed by atoms with van der Waals surface area (Å²) >= 11 is 0. The van der Waals surface area contributed by atoms with Crippen LogP contribution in [-0.4, -0.2) is 41.9 Å². The summed E-state index contributed by atoms with van der Waals surface area (Å²) < 4.78 is 6.15. The van der Waals surface area contributed by atoms with Crippen LogP contribution in [0.15, 0.2) is 72.8 Å². The molecule has 0 unspecified atom stereocenters. The lowest BCUT2D eigenvalue weighted by molar-refractivity contribution is 0.0748. The van der Waals surface area contributed by atoms with Gasteiger partial charge in [-0.05, 0) is 92.1 Å². The Labute approximate surface area is 220 Å². The van der Waals surface area contributed by atoms with E-state index in [2.05, 4.69) is 41.3 Å². The molecule has 1 saturated heterocycles. The molecule has 2 aliphatic heterocycles. The lowest BCUT2D eigenvalue weighted by atomic mass is 9.93. The standard InChI is InChI=1S/C32H35N3O2/c33-22-26-8-10-28(11-9-26)23-34-18-14-25(15-19-34)16-20-37-30-13-12-29-7-4-17-35(32(36)31(29)21-30)24-27-5-2-1-3-6-27/h1-3,5-6,8-13,21,25H,4,7,14-20,23-24H2. The first-order valence-electron chi connectivity index (χ1n) is 13.5. The van der Waals surface area contributed by atoms with Gasteiger partial charge in [-0.2, -0.15) is 5.26 Å². The van der Waals surface area contributed by atoms with Crippen molar-refractivity contribution in [1.29, 1.82) is 5.26 Å². The van der Waals surface area contributed by atoms with Crippen LogP contribution in [0, 0.1) is 17.2 Å². The van der Waals surface area contributed by atoms with Gasteiger partial charge in [-0.25, -0.2) is 0 Å². The van der Waals surface area contributed by atoms with Gasteiger partial charge in [0.2, 0.25) is 0 Å². The fourth-order valence-electron chi connectivity index (χ4n) is 5.47. The van der Waals surface area contributed by atoms with Gasteiger partial charge in [0.25, 0.3) is 5.91 Å². The van der Waals surface area contributed by atoms with Crippen molar-refractivity contribution in [3.05, 3.63) is 101 Å². The van der Waals surface area contributed by atoms with Crippen LogP contribution < -0.4 is 4.74 Å². The summed E-state index contributed by atoms with van der Waals surface area (Å²) in [4.78, 5) is 17.8. The van der Waals surface area contributed by atoms with Crippen LogP contribution in [0.25, 0.3) is 0 Å². The van der Waals surface area contributed by atoms with Gasteiger partial charge in [0.05, 0.1) is 18.2 Å². The molecule has 3 aromatic carbocycles. The first-order valence-corrected chi connectivity index (χ1v) is 13.5. The number of aryl methyl sites for hydroxylation is 1. The number of nitriles is 1. The van der Waals surface area contributed by atoms with Gasteiger partial charge in [0.1, 0.15) is 5.75 Å². The first kappa shape index (κ1) is 25.0. The van der Waals surface area contributed by atoms with E-state index in [9.17, 15) is 4.79 Å². The highest BCUT2D eigenvalue weighted by atomic mass is 16.5. The SMILES string of the molecule is N#Cc1ccc(CN2CCC(CCOc3ccc4c(c3)C(=O)N(Cc3ccccc3)CCC4)CC2)cc1. The molecule has 0 spiro atoms. The van der Waals surface area contributed by atoms with Crippen LogP contribution >= 0.6 is 0 Å². The van der Waals surface area contributed by atoms with Gasteiger partial charge in [0.15, 0.2) is 0 Å². The van der Waals surface area contributed by atoms with Crippen molar-refractivity contribution in [3.8, 4) is 11.8 Å². The summed E-state index contributed by atoms with van der Waals surface area (Å²) in [5.74, 6) is 1.57. The molecule has 3 aromatic rings. The maximum Gasteiger partial charge on any atom is 0.254 e. The highest BCUT2D eigenvalue weighted by Crippen LogP contribution is 2.26. The Bertz CT molecular complexity index is 1230. The third kappa shape index (κ3) is 6.58. The maximum absolute atomic E-state index is 13.4. The van der Waals surface area contributed by atoms with Crippen LogP contribution in [0.5, 0.6) is 5.75 Å². The number of hydrogen-bond donors (Lipinski definition) is 0. The van der Waals surface area contributed by atoms with E-state index in [-0.39, 0.29) is 5.91 Å². The van der Waals surface area contributed by atoms with Crippen molar-refractivity contribution in [2.45, 2.75) is 45.2 Å². The average Bonchev–Trinajstić information content (AvgIpc) is 3.09. The number of nitrogens with zero attached hydrogens (tertiary/aromatic N) is 3. The number of piperidine rings is 1. The van der Waals surface area contributed by atoms with E-state index in [0.717, 1.165) is 67.9 Å². The summed E-state index contributed by atoms with van der Waals surface area (Å²) in [6.45, 7) is 5.24. The lowest BCUT2D eigenvalue weighted by Crippen LogP contribution is -2.33. The second-order valence-corrected chi connectivity index (χ2v) is 10.3. The third-order valence-electron chi connectivity index (χ3n) is 7.68. The molecule has 5 heteroatoms. The Balaban J connectivity index is 1.10. The van der Waals surface area contributed by atoms with Gasteiger partial charge in [-0.3, -0.25) is 9.69 Å². The summed E-state index contributed by atoms with van der Waals surface area (Å²) in [5, 5.41) is 8.97. The number of carbonyl (C=O) groups is 1. The molecule has 0 radical (unpaired) electrons. The van der Waals surface area contributed by atoms with E-state index in [0.29, 0.717) is 24.6 Å². The molecule has 1 fully saturated rings. The molecule has 190 valence electrons. The average molecular weight is 494 g/mol. The van der Waals surface area contributed by atoms with Gasteiger partial charge >= 0.3 is 0 Å². The Morgan fingerprint density at radius 3 is 2.41 bits per heavy atom. The van der Waals surface area contributed by atoms with Crippen molar-refractivity contribution in [1.82, 2.24) is 9.80 Å².